The number of amidine groups is 1. The minimum Gasteiger partial charge on any atom is -0.508 e. The summed E-state index contributed by atoms with van der Waals surface area (Å²) < 4.78 is 2.22. The predicted octanol–water partition coefficient (Wildman–Crippen LogP) is 4.87. The molecule has 0 saturated carbocycles. The van der Waals surface area contributed by atoms with Crippen LogP contribution < -0.4 is 16.0 Å². The standard InChI is InChI=1S/C27H35N5O3/c1-17(2)21-15-22(25(34)16-24(21)33)26(28)32(27(29)35)20-5-6-23-19(14-20)9-13-31(23)12-3-4-18-7-10-30-11-8-18/h5-6,9,13-18,28,30,33-34H,3-4,7-8,10-12H2,1-2H3,(H2,29,35). The van der Waals surface area contributed by atoms with E-state index in [4.69, 9.17) is 11.1 Å². The van der Waals surface area contributed by atoms with Gasteiger partial charge in [0.05, 0.1) is 11.3 Å². The molecule has 186 valence electrons. The fourth-order valence-electron chi connectivity index (χ4n) is 4.98. The largest absolute Gasteiger partial charge is 0.508 e. The number of aryl methyl sites for hydroxylation is 1. The third-order valence-corrected chi connectivity index (χ3v) is 6.95. The van der Waals surface area contributed by atoms with Crippen molar-refractivity contribution in [3.05, 3.63) is 53.7 Å². The van der Waals surface area contributed by atoms with Crippen molar-refractivity contribution in [2.45, 2.75) is 52.0 Å². The molecule has 3 aromatic rings. The number of nitrogens with one attached hydrogen (secondary N) is 2. The molecule has 35 heavy (non-hydrogen) atoms. The first-order valence-corrected chi connectivity index (χ1v) is 12.3. The first kappa shape index (κ1) is 24.6. The number of aromatic nitrogens is 1. The number of benzene rings is 2. The Balaban J connectivity index is 1.56. The van der Waals surface area contributed by atoms with Gasteiger partial charge in [-0.25, -0.2) is 9.69 Å². The number of anilines is 1. The lowest BCUT2D eigenvalue weighted by Crippen LogP contribution is -2.41. The van der Waals surface area contributed by atoms with Gasteiger partial charge in [0.15, 0.2) is 0 Å². The summed E-state index contributed by atoms with van der Waals surface area (Å²) in [5, 5.41) is 33.6. The second kappa shape index (κ2) is 10.4. The minimum absolute atomic E-state index is 0.0323. The van der Waals surface area contributed by atoms with Crippen molar-refractivity contribution in [1.82, 2.24) is 9.88 Å². The predicted molar refractivity (Wildman–Crippen MR) is 140 cm³/mol. The quantitative estimate of drug-likeness (QED) is 0.246. The lowest BCUT2D eigenvalue weighted by Gasteiger charge is -2.23. The van der Waals surface area contributed by atoms with Crippen LogP contribution in [0.3, 0.4) is 0 Å². The molecule has 0 aliphatic carbocycles. The number of aromatic hydroxyl groups is 2. The van der Waals surface area contributed by atoms with Crippen molar-refractivity contribution in [2.24, 2.45) is 11.7 Å². The lowest BCUT2D eigenvalue weighted by atomic mass is 9.93. The van der Waals surface area contributed by atoms with Gasteiger partial charge in [0.25, 0.3) is 0 Å². The highest BCUT2D eigenvalue weighted by Gasteiger charge is 2.24. The van der Waals surface area contributed by atoms with E-state index in [2.05, 4.69) is 16.1 Å². The van der Waals surface area contributed by atoms with E-state index in [1.165, 1.54) is 31.4 Å². The third-order valence-electron chi connectivity index (χ3n) is 6.95. The average molecular weight is 478 g/mol. The van der Waals surface area contributed by atoms with Gasteiger partial charge in [-0.05, 0) is 86.5 Å². The fourth-order valence-corrected chi connectivity index (χ4v) is 4.98. The molecule has 1 saturated heterocycles. The number of phenolic OH excluding ortho intramolecular Hbond substituents is 2. The van der Waals surface area contributed by atoms with Gasteiger partial charge < -0.3 is 25.8 Å². The van der Waals surface area contributed by atoms with Crippen molar-refractivity contribution < 1.29 is 15.0 Å². The van der Waals surface area contributed by atoms with Gasteiger partial charge >= 0.3 is 6.03 Å². The molecule has 8 nitrogen and oxygen atoms in total. The van der Waals surface area contributed by atoms with E-state index < -0.39 is 6.03 Å². The van der Waals surface area contributed by atoms with E-state index >= 15 is 0 Å². The van der Waals surface area contributed by atoms with Crippen molar-refractivity contribution in [3.8, 4) is 11.5 Å². The van der Waals surface area contributed by atoms with Crippen molar-refractivity contribution in [1.29, 1.82) is 5.41 Å². The Morgan fingerprint density at radius 3 is 2.60 bits per heavy atom. The number of hydrogen-bond donors (Lipinski definition) is 5. The van der Waals surface area contributed by atoms with Crippen LogP contribution in [0.4, 0.5) is 10.5 Å². The van der Waals surface area contributed by atoms with Gasteiger partial charge in [-0.2, -0.15) is 0 Å². The molecule has 1 aliphatic rings. The molecule has 1 aliphatic heterocycles. The van der Waals surface area contributed by atoms with E-state index in [9.17, 15) is 15.0 Å². The van der Waals surface area contributed by atoms with Crippen molar-refractivity contribution >= 4 is 28.5 Å². The molecule has 0 radical (unpaired) electrons. The first-order valence-electron chi connectivity index (χ1n) is 12.3. The second-order valence-corrected chi connectivity index (χ2v) is 9.69. The smallest absolute Gasteiger partial charge is 0.325 e. The number of fused-ring (bicyclic) bond motifs is 1. The average Bonchev–Trinajstić information content (AvgIpc) is 3.21. The number of hydrogen-bond acceptors (Lipinski definition) is 5. The van der Waals surface area contributed by atoms with Gasteiger partial charge in [-0.3, -0.25) is 5.41 Å². The zero-order valence-corrected chi connectivity index (χ0v) is 20.4. The molecule has 8 heteroatoms. The maximum Gasteiger partial charge on any atom is 0.325 e. The Kier molecular flexibility index (Phi) is 7.31. The van der Waals surface area contributed by atoms with E-state index in [1.807, 2.05) is 32.0 Å². The van der Waals surface area contributed by atoms with Gasteiger partial charge in [-0.15, -0.1) is 0 Å². The van der Waals surface area contributed by atoms with Crippen LogP contribution in [-0.2, 0) is 6.54 Å². The molecule has 2 aromatic carbocycles. The van der Waals surface area contributed by atoms with Crippen LogP contribution in [-0.4, -0.2) is 39.7 Å². The topological polar surface area (TPSA) is 128 Å². The van der Waals surface area contributed by atoms with Crippen LogP contribution in [0.5, 0.6) is 11.5 Å². The normalized spacial score (nSPS) is 14.5. The van der Waals surface area contributed by atoms with Crippen molar-refractivity contribution in [2.75, 3.05) is 18.0 Å². The molecular formula is C27H35N5O3. The summed E-state index contributed by atoms with van der Waals surface area (Å²) in [7, 11) is 0. The summed E-state index contributed by atoms with van der Waals surface area (Å²) in [5.74, 6) is 0.173. The number of urea groups is 1. The van der Waals surface area contributed by atoms with Crippen LogP contribution in [0.2, 0.25) is 0 Å². The Morgan fingerprint density at radius 2 is 1.91 bits per heavy atom. The molecule has 6 N–H and O–H groups in total. The highest BCUT2D eigenvalue weighted by atomic mass is 16.3. The number of nitrogens with zero attached hydrogens (tertiary/aromatic N) is 2. The summed E-state index contributed by atoms with van der Waals surface area (Å²) >= 11 is 0. The number of primary amides is 1. The third kappa shape index (κ3) is 5.27. The molecule has 2 amide bonds. The van der Waals surface area contributed by atoms with Crippen LogP contribution >= 0.6 is 0 Å². The Morgan fingerprint density at radius 1 is 1.17 bits per heavy atom. The van der Waals surface area contributed by atoms with Gasteiger partial charge in [0, 0.05) is 29.7 Å². The van der Waals surface area contributed by atoms with Gasteiger partial charge in [0.2, 0.25) is 0 Å². The second-order valence-electron chi connectivity index (χ2n) is 9.69. The molecule has 0 unspecified atom stereocenters. The molecule has 1 aromatic heterocycles. The Hall–Kier alpha value is -3.52. The number of carbonyl (C=O) groups is 1. The number of carbonyl (C=O) groups excluding carboxylic acids is 1. The zero-order valence-electron chi connectivity index (χ0n) is 20.4. The maximum atomic E-state index is 12.4. The number of rotatable bonds is 7. The minimum atomic E-state index is -0.825. The molecule has 0 atom stereocenters. The van der Waals surface area contributed by atoms with E-state index in [1.54, 1.807) is 6.07 Å². The van der Waals surface area contributed by atoms with E-state index in [0.717, 1.165) is 47.8 Å². The molecule has 1 fully saturated rings. The zero-order chi connectivity index (χ0) is 25.1. The Bertz CT molecular complexity index is 1230. The summed E-state index contributed by atoms with van der Waals surface area (Å²) in [6, 6.07) is 9.45. The summed E-state index contributed by atoms with van der Waals surface area (Å²) in [6.45, 7) is 6.96. The number of phenols is 2. The molecule has 0 spiro atoms. The van der Waals surface area contributed by atoms with E-state index in [0.29, 0.717) is 11.3 Å². The summed E-state index contributed by atoms with van der Waals surface area (Å²) in [6.07, 6.45) is 6.89. The number of amides is 2. The highest BCUT2D eigenvalue weighted by Crippen LogP contribution is 2.34. The molecular weight excluding hydrogens is 442 g/mol. The maximum absolute atomic E-state index is 12.4. The monoisotopic (exact) mass is 477 g/mol. The van der Waals surface area contributed by atoms with Gasteiger partial charge in [-0.1, -0.05) is 13.8 Å². The number of nitrogens with two attached hydrogens (primary N) is 1. The molecule has 2 heterocycles. The van der Waals surface area contributed by atoms with E-state index in [-0.39, 0.29) is 28.8 Å². The SMILES string of the molecule is CC(C)c1cc(C(=N)N(C(N)=O)c2ccc3c(ccn3CCCC3CCNCC3)c2)c(O)cc1O. The molecule has 4 rings (SSSR count). The fraction of sp³-hybridized carbons (Fsp3) is 0.407. The lowest BCUT2D eigenvalue weighted by molar-refractivity contribution is 0.256. The van der Waals surface area contributed by atoms with Gasteiger partial charge in [0.1, 0.15) is 17.3 Å². The van der Waals surface area contributed by atoms with Crippen LogP contribution in [0.1, 0.15) is 56.6 Å². The highest BCUT2D eigenvalue weighted by molar-refractivity contribution is 6.22. The first-order chi connectivity index (χ1) is 16.8. The number of piperidine rings is 1. The molecule has 0 bridgehead atoms. The van der Waals surface area contributed by atoms with Crippen LogP contribution in [0.15, 0.2) is 42.6 Å². The van der Waals surface area contributed by atoms with Crippen molar-refractivity contribution in [3.63, 3.8) is 0 Å². The van der Waals surface area contributed by atoms with Crippen LogP contribution in [0.25, 0.3) is 10.9 Å². The summed E-state index contributed by atoms with van der Waals surface area (Å²) in [5.41, 5.74) is 7.88. The Labute approximate surface area is 205 Å². The summed E-state index contributed by atoms with van der Waals surface area (Å²) in [4.78, 5) is 13.5. The van der Waals surface area contributed by atoms with Crippen LogP contribution in [0, 0.1) is 11.3 Å².